The molecule has 1 aliphatic carbocycles. The molecule has 0 radical (unpaired) electrons. The first-order chi connectivity index (χ1) is 20.6. The van der Waals surface area contributed by atoms with E-state index in [-0.39, 0.29) is 23.4 Å². The molecule has 0 saturated heterocycles. The molecule has 0 bridgehead atoms. The summed E-state index contributed by atoms with van der Waals surface area (Å²) < 4.78 is 34.8. The molecule has 8 nitrogen and oxygen atoms in total. The minimum atomic E-state index is -4.14. The number of hydrogen-bond donors (Lipinski definition) is 1. The van der Waals surface area contributed by atoms with E-state index in [0.717, 1.165) is 46.0 Å². The van der Waals surface area contributed by atoms with E-state index < -0.39 is 28.5 Å². The highest BCUT2D eigenvalue weighted by atomic mass is 32.2. The number of carbonyl (C=O) groups excluding carboxylic acids is 2. The average molecular weight is 624 g/mol. The van der Waals surface area contributed by atoms with Gasteiger partial charge in [0.25, 0.3) is 10.0 Å². The van der Waals surface area contributed by atoms with Crippen LogP contribution < -0.4 is 14.4 Å². The normalized spacial score (nSPS) is 14.2. The molecule has 1 aliphatic rings. The number of thioether (sulfide) groups is 1. The Labute approximate surface area is 259 Å². The Hall–Kier alpha value is -3.50. The van der Waals surface area contributed by atoms with Crippen LogP contribution in [0.15, 0.2) is 82.6 Å². The van der Waals surface area contributed by atoms with E-state index in [1.54, 1.807) is 55.5 Å². The zero-order valence-electron chi connectivity index (χ0n) is 25.3. The zero-order chi connectivity index (χ0) is 31.0. The van der Waals surface area contributed by atoms with Crippen LogP contribution >= 0.6 is 11.8 Å². The van der Waals surface area contributed by atoms with Gasteiger partial charge in [-0.3, -0.25) is 13.9 Å². The monoisotopic (exact) mass is 623 g/mol. The van der Waals surface area contributed by atoms with Crippen LogP contribution in [-0.2, 0) is 26.2 Å². The van der Waals surface area contributed by atoms with Crippen molar-refractivity contribution < 1.29 is 22.7 Å². The van der Waals surface area contributed by atoms with Crippen LogP contribution in [0, 0.1) is 6.92 Å². The standard InChI is InChI=1S/C33H41N3O5S2/c1-5-41-29-16-14-28(15-17-29)36(43(39,40)31-20-18-30(42-4)19-21-31)23-32(37)35(22-26-11-7-6-10-24(26)2)25(3)33(38)34-27-12-8-9-13-27/h6-7,10-11,14-21,25,27H,5,8-9,12-13,22-23H2,1-4H3,(H,34,38)/t25-/m1/s1. The molecule has 10 heteroatoms. The summed E-state index contributed by atoms with van der Waals surface area (Å²) in [4.78, 5) is 30.1. The molecule has 3 aromatic carbocycles. The van der Waals surface area contributed by atoms with E-state index >= 15 is 0 Å². The van der Waals surface area contributed by atoms with Gasteiger partial charge in [-0.05, 0) is 99.5 Å². The second-order valence-electron chi connectivity index (χ2n) is 10.7. The quantitative estimate of drug-likeness (QED) is 0.242. The van der Waals surface area contributed by atoms with Crippen molar-refractivity contribution >= 4 is 39.3 Å². The Morgan fingerprint density at radius 2 is 1.65 bits per heavy atom. The summed E-state index contributed by atoms with van der Waals surface area (Å²) in [5.41, 5.74) is 2.19. The highest BCUT2D eigenvalue weighted by Gasteiger charge is 2.33. The Bertz CT molecular complexity index is 1490. The fourth-order valence-corrected chi connectivity index (χ4v) is 7.05. The number of nitrogens with one attached hydrogen (secondary N) is 1. The predicted molar refractivity (Wildman–Crippen MR) is 172 cm³/mol. The molecule has 0 heterocycles. The fraction of sp³-hybridized carbons (Fsp3) is 0.394. The van der Waals surface area contributed by atoms with Gasteiger partial charge in [0.2, 0.25) is 11.8 Å². The third-order valence-corrected chi connectivity index (χ3v) is 10.4. The number of rotatable bonds is 13. The fourth-order valence-electron chi connectivity index (χ4n) is 5.22. The number of ether oxygens (including phenoxy) is 1. The third-order valence-electron chi connectivity index (χ3n) is 7.83. The molecular formula is C33H41N3O5S2. The Morgan fingerprint density at radius 1 is 1.00 bits per heavy atom. The maximum atomic E-state index is 14.2. The number of amides is 2. The number of benzene rings is 3. The number of anilines is 1. The first-order valence-corrected chi connectivity index (χ1v) is 17.3. The molecular weight excluding hydrogens is 583 g/mol. The first kappa shape index (κ1) is 32.4. The maximum Gasteiger partial charge on any atom is 0.264 e. The summed E-state index contributed by atoms with van der Waals surface area (Å²) in [7, 11) is -4.14. The smallest absolute Gasteiger partial charge is 0.264 e. The molecule has 1 saturated carbocycles. The van der Waals surface area contributed by atoms with Crippen LogP contribution in [0.25, 0.3) is 0 Å². The largest absolute Gasteiger partial charge is 0.494 e. The van der Waals surface area contributed by atoms with Crippen molar-refractivity contribution in [1.82, 2.24) is 10.2 Å². The highest BCUT2D eigenvalue weighted by molar-refractivity contribution is 7.98. The topological polar surface area (TPSA) is 96.0 Å². The van der Waals surface area contributed by atoms with E-state index in [2.05, 4.69) is 5.32 Å². The lowest BCUT2D eigenvalue weighted by molar-refractivity contribution is -0.139. The van der Waals surface area contributed by atoms with Crippen LogP contribution in [0.2, 0.25) is 0 Å². The van der Waals surface area contributed by atoms with Crippen molar-refractivity contribution in [2.24, 2.45) is 0 Å². The van der Waals surface area contributed by atoms with E-state index in [4.69, 9.17) is 4.74 Å². The van der Waals surface area contributed by atoms with Crippen LogP contribution in [0.1, 0.15) is 50.7 Å². The van der Waals surface area contributed by atoms with Crippen LogP contribution in [0.4, 0.5) is 5.69 Å². The van der Waals surface area contributed by atoms with Crippen molar-refractivity contribution in [3.63, 3.8) is 0 Å². The van der Waals surface area contributed by atoms with Crippen LogP contribution in [0.5, 0.6) is 5.75 Å². The predicted octanol–water partition coefficient (Wildman–Crippen LogP) is 5.79. The molecule has 1 fully saturated rings. The number of nitrogens with zero attached hydrogens (tertiary/aromatic N) is 2. The summed E-state index contributed by atoms with van der Waals surface area (Å²) in [6.07, 6.45) is 5.89. The van der Waals surface area contributed by atoms with Gasteiger partial charge in [0.05, 0.1) is 17.2 Å². The molecule has 3 aromatic rings. The highest BCUT2D eigenvalue weighted by Crippen LogP contribution is 2.28. The zero-order valence-corrected chi connectivity index (χ0v) is 26.9. The summed E-state index contributed by atoms with van der Waals surface area (Å²) in [6.45, 7) is 5.69. The van der Waals surface area contributed by atoms with Gasteiger partial charge < -0.3 is 15.0 Å². The summed E-state index contributed by atoms with van der Waals surface area (Å²) in [5.74, 6) is -0.120. The molecule has 1 N–H and O–H groups in total. The van der Waals surface area contributed by atoms with E-state index in [1.165, 1.54) is 16.7 Å². The molecule has 4 rings (SSSR count). The van der Waals surface area contributed by atoms with Gasteiger partial charge in [-0.25, -0.2) is 8.42 Å². The number of hydrogen-bond acceptors (Lipinski definition) is 6. The molecule has 0 aliphatic heterocycles. The second kappa shape index (κ2) is 14.8. The van der Waals surface area contributed by atoms with Gasteiger partial charge in [0, 0.05) is 17.5 Å². The number of aryl methyl sites for hydroxylation is 1. The molecule has 230 valence electrons. The Kier molecular flexibility index (Phi) is 11.2. The molecule has 1 atom stereocenters. The van der Waals surface area contributed by atoms with E-state index in [1.807, 2.05) is 44.4 Å². The second-order valence-corrected chi connectivity index (χ2v) is 13.5. The maximum absolute atomic E-state index is 14.2. The van der Waals surface area contributed by atoms with Gasteiger partial charge in [-0.2, -0.15) is 0 Å². The van der Waals surface area contributed by atoms with Crippen molar-refractivity contribution in [1.29, 1.82) is 0 Å². The number of sulfonamides is 1. The van der Waals surface area contributed by atoms with Crippen molar-refractivity contribution in [2.45, 2.75) is 74.9 Å². The lowest BCUT2D eigenvalue weighted by Crippen LogP contribution is -2.52. The molecule has 0 spiro atoms. The Balaban J connectivity index is 1.70. The molecule has 0 unspecified atom stereocenters. The minimum Gasteiger partial charge on any atom is -0.494 e. The Morgan fingerprint density at radius 3 is 2.26 bits per heavy atom. The van der Waals surface area contributed by atoms with Gasteiger partial charge in [-0.1, -0.05) is 37.1 Å². The molecule has 0 aromatic heterocycles. The van der Waals surface area contributed by atoms with Crippen molar-refractivity contribution in [3.8, 4) is 5.75 Å². The van der Waals surface area contributed by atoms with E-state index in [0.29, 0.717) is 18.0 Å². The third kappa shape index (κ3) is 8.12. The minimum absolute atomic E-state index is 0.0736. The van der Waals surface area contributed by atoms with Crippen LogP contribution in [-0.4, -0.2) is 56.6 Å². The van der Waals surface area contributed by atoms with Gasteiger partial charge in [-0.15, -0.1) is 11.8 Å². The van der Waals surface area contributed by atoms with Crippen molar-refractivity contribution in [2.75, 3.05) is 23.7 Å². The average Bonchev–Trinajstić information content (AvgIpc) is 3.52. The first-order valence-electron chi connectivity index (χ1n) is 14.7. The lowest BCUT2D eigenvalue weighted by Gasteiger charge is -2.33. The van der Waals surface area contributed by atoms with E-state index in [9.17, 15) is 18.0 Å². The molecule has 2 amide bonds. The lowest BCUT2D eigenvalue weighted by atomic mass is 10.1. The SMILES string of the molecule is CCOc1ccc(N(CC(=O)N(Cc2ccccc2C)[C@H](C)C(=O)NC2CCCC2)S(=O)(=O)c2ccc(SC)cc2)cc1. The van der Waals surface area contributed by atoms with Gasteiger partial charge in [0.15, 0.2) is 0 Å². The summed E-state index contributed by atoms with van der Waals surface area (Å²) in [6, 6.07) is 20.2. The van der Waals surface area contributed by atoms with Gasteiger partial charge in [0.1, 0.15) is 18.3 Å². The van der Waals surface area contributed by atoms with Crippen LogP contribution in [0.3, 0.4) is 0 Å². The summed E-state index contributed by atoms with van der Waals surface area (Å²) >= 11 is 1.51. The molecule has 43 heavy (non-hydrogen) atoms. The number of carbonyl (C=O) groups is 2. The van der Waals surface area contributed by atoms with Gasteiger partial charge >= 0.3 is 0 Å². The summed E-state index contributed by atoms with van der Waals surface area (Å²) in [5, 5.41) is 3.10. The van der Waals surface area contributed by atoms with Crippen molar-refractivity contribution in [3.05, 3.63) is 83.9 Å².